The van der Waals surface area contributed by atoms with Crippen molar-refractivity contribution in [2.45, 2.75) is 12.1 Å². The van der Waals surface area contributed by atoms with Gasteiger partial charge in [-0.1, -0.05) is 60.7 Å². The highest BCUT2D eigenvalue weighted by Crippen LogP contribution is 2.34. The first kappa shape index (κ1) is 11.9. The van der Waals surface area contributed by atoms with Gasteiger partial charge in [0.05, 0.1) is 6.04 Å². The maximum Gasteiger partial charge on any atom is 0.246 e. The number of hydrogen-bond acceptors (Lipinski definition) is 2. The van der Waals surface area contributed by atoms with E-state index in [0.29, 0.717) is 0 Å². The first-order chi connectivity index (χ1) is 9.34. The zero-order valence-corrected chi connectivity index (χ0v) is 10.5. The fourth-order valence-corrected chi connectivity index (χ4v) is 2.40. The van der Waals surface area contributed by atoms with Crippen LogP contribution < -0.4 is 5.32 Å². The number of amides is 1. The van der Waals surface area contributed by atoms with Gasteiger partial charge in [-0.3, -0.25) is 4.79 Å². The molecule has 0 aromatic heterocycles. The van der Waals surface area contributed by atoms with Gasteiger partial charge in [0.15, 0.2) is 0 Å². The maximum atomic E-state index is 11.6. The van der Waals surface area contributed by atoms with Crippen LogP contribution in [0.4, 0.5) is 0 Å². The molecule has 1 aliphatic heterocycles. The van der Waals surface area contributed by atoms with E-state index in [1.807, 2.05) is 60.7 Å². The molecule has 0 spiro atoms. The highest BCUT2D eigenvalue weighted by molar-refractivity contribution is 5.78. The summed E-state index contributed by atoms with van der Waals surface area (Å²) >= 11 is 0. The molecule has 1 saturated heterocycles. The summed E-state index contributed by atoms with van der Waals surface area (Å²) in [6, 6.07) is 19.8. The quantitative estimate of drug-likeness (QED) is 0.893. The number of benzene rings is 2. The third-order valence-electron chi connectivity index (χ3n) is 3.30. The average Bonchev–Trinajstić information content (AvgIpc) is 2.49. The van der Waals surface area contributed by atoms with Crippen molar-refractivity contribution in [2.75, 3.05) is 6.61 Å². The highest BCUT2D eigenvalue weighted by Gasteiger charge is 2.31. The summed E-state index contributed by atoms with van der Waals surface area (Å²) in [5.41, 5.74) is 2.14. The van der Waals surface area contributed by atoms with Gasteiger partial charge < -0.3 is 10.1 Å². The Kier molecular flexibility index (Phi) is 3.29. The number of ether oxygens (including phenoxy) is 1. The second kappa shape index (κ2) is 5.24. The summed E-state index contributed by atoms with van der Waals surface area (Å²) in [5.74, 6) is -0.0685. The van der Waals surface area contributed by atoms with Crippen molar-refractivity contribution in [3.05, 3.63) is 71.8 Å². The molecule has 96 valence electrons. The van der Waals surface area contributed by atoms with Crippen LogP contribution in [0.15, 0.2) is 60.7 Å². The van der Waals surface area contributed by atoms with E-state index in [1.54, 1.807) is 0 Å². The van der Waals surface area contributed by atoms with E-state index in [9.17, 15) is 4.79 Å². The number of morpholine rings is 1. The van der Waals surface area contributed by atoms with E-state index in [1.165, 1.54) is 0 Å². The molecule has 3 rings (SSSR count). The minimum Gasteiger partial charge on any atom is -0.361 e. The van der Waals surface area contributed by atoms with Crippen LogP contribution >= 0.6 is 0 Å². The van der Waals surface area contributed by atoms with Crippen LogP contribution in [-0.4, -0.2) is 12.5 Å². The molecule has 3 heteroatoms. The highest BCUT2D eigenvalue weighted by atomic mass is 16.5. The number of carbonyl (C=O) groups excluding carboxylic acids is 1. The third kappa shape index (κ3) is 2.51. The predicted octanol–water partition coefficient (Wildman–Crippen LogP) is 2.62. The summed E-state index contributed by atoms with van der Waals surface area (Å²) in [4.78, 5) is 11.6. The van der Waals surface area contributed by atoms with Crippen molar-refractivity contribution in [1.82, 2.24) is 5.32 Å². The fourth-order valence-electron chi connectivity index (χ4n) is 2.40. The lowest BCUT2D eigenvalue weighted by molar-refractivity contribution is -0.137. The van der Waals surface area contributed by atoms with Crippen LogP contribution in [0.1, 0.15) is 23.3 Å². The molecule has 1 N–H and O–H groups in total. The van der Waals surface area contributed by atoms with Crippen LogP contribution in [0.5, 0.6) is 0 Å². The SMILES string of the molecule is O=C1CO[C@H](c2ccccc2)[C@@H](c2ccccc2)N1. The molecule has 1 heterocycles. The fraction of sp³-hybridized carbons (Fsp3) is 0.188. The Balaban J connectivity index is 1.95. The number of nitrogens with one attached hydrogen (secondary N) is 1. The van der Waals surface area contributed by atoms with Crippen LogP contribution in [0, 0.1) is 0 Å². The van der Waals surface area contributed by atoms with E-state index < -0.39 is 0 Å². The number of hydrogen-bond donors (Lipinski definition) is 1. The Morgan fingerprint density at radius 3 is 2.11 bits per heavy atom. The van der Waals surface area contributed by atoms with Crippen molar-refractivity contribution in [1.29, 1.82) is 0 Å². The standard InChI is InChI=1S/C16H15NO2/c18-14-11-19-16(13-9-5-2-6-10-13)15(17-14)12-7-3-1-4-8-12/h1-10,15-16H,11H2,(H,17,18)/t15-,16-/m1/s1. The molecular weight excluding hydrogens is 238 g/mol. The van der Waals surface area contributed by atoms with E-state index in [4.69, 9.17) is 4.74 Å². The van der Waals surface area contributed by atoms with Crippen molar-refractivity contribution < 1.29 is 9.53 Å². The largest absolute Gasteiger partial charge is 0.361 e. The lowest BCUT2D eigenvalue weighted by Gasteiger charge is -2.33. The molecule has 1 aliphatic rings. The van der Waals surface area contributed by atoms with Crippen LogP contribution in [0.25, 0.3) is 0 Å². The Labute approximate surface area is 112 Å². The summed E-state index contributed by atoms with van der Waals surface area (Å²) < 4.78 is 5.73. The molecule has 2 aromatic rings. The van der Waals surface area contributed by atoms with Crippen LogP contribution in [-0.2, 0) is 9.53 Å². The molecule has 1 amide bonds. The van der Waals surface area contributed by atoms with Gasteiger partial charge in [0.25, 0.3) is 0 Å². The molecule has 19 heavy (non-hydrogen) atoms. The van der Waals surface area contributed by atoms with E-state index in [-0.39, 0.29) is 24.7 Å². The van der Waals surface area contributed by atoms with Crippen molar-refractivity contribution >= 4 is 5.91 Å². The third-order valence-corrected chi connectivity index (χ3v) is 3.30. The maximum absolute atomic E-state index is 11.6. The summed E-state index contributed by atoms with van der Waals surface area (Å²) in [6.45, 7) is 0.114. The lowest BCUT2D eigenvalue weighted by Crippen LogP contribution is -2.41. The first-order valence-electron chi connectivity index (χ1n) is 6.35. The average molecular weight is 253 g/mol. The van der Waals surface area contributed by atoms with E-state index in [0.717, 1.165) is 11.1 Å². The molecule has 0 unspecified atom stereocenters. The monoisotopic (exact) mass is 253 g/mol. The smallest absolute Gasteiger partial charge is 0.246 e. The minimum absolute atomic E-state index is 0.0685. The molecule has 0 radical (unpaired) electrons. The Morgan fingerprint density at radius 1 is 0.895 bits per heavy atom. The molecule has 2 aromatic carbocycles. The van der Waals surface area contributed by atoms with Crippen LogP contribution in [0.3, 0.4) is 0 Å². The molecule has 1 fully saturated rings. The molecule has 0 saturated carbocycles. The second-order valence-electron chi connectivity index (χ2n) is 4.60. The Morgan fingerprint density at radius 2 is 1.47 bits per heavy atom. The number of rotatable bonds is 2. The van der Waals surface area contributed by atoms with Gasteiger partial charge in [-0.05, 0) is 11.1 Å². The summed E-state index contributed by atoms with van der Waals surface area (Å²) in [5, 5.41) is 3.02. The van der Waals surface area contributed by atoms with Gasteiger partial charge in [-0.15, -0.1) is 0 Å². The van der Waals surface area contributed by atoms with E-state index in [2.05, 4.69) is 5.32 Å². The summed E-state index contributed by atoms with van der Waals surface area (Å²) in [6.07, 6.45) is -0.138. The normalized spacial score (nSPS) is 22.8. The van der Waals surface area contributed by atoms with Gasteiger partial charge in [0.1, 0.15) is 12.7 Å². The van der Waals surface area contributed by atoms with Gasteiger partial charge in [-0.25, -0.2) is 0 Å². The van der Waals surface area contributed by atoms with Crippen LogP contribution in [0.2, 0.25) is 0 Å². The van der Waals surface area contributed by atoms with Crippen molar-refractivity contribution in [2.24, 2.45) is 0 Å². The Hall–Kier alpha value is -2.13. The number of carbonyl (C=O) groups is 1. The molecular formula is C16H15NO2. The van der Waals surface area contributed by atoms with Gasteiger partial charge in [-0.2, -0.15) is 0 Å². The van der Waals surface area contributed by atoms with Crippen molar-refractivity contribution in [3.63, 3.8) is 0 Å². The lowest BCUT2D eigenvalue weighted by atomic mass is 9.94. The van der Waals surface area contributed by atoms with Gasteiger partial charge in [0, 0.05) is 0 Å². The zero-order valence-electron chi connectivity index (χ0n) is 10.5. The first-order valence-corrected chi connectivity index (χ1v) is 6.35. The minimum atomic E-state index is -0.138. The zero-order chi connectivity index (χ0) is 13.1. The van der Waals surface area contributed by atoms with Gasteiger partial charge >= 0.3 is 0 Å². The topological polar surface area (TPSA) is 38.3 Å². The van der Waals surface area contributed by atoms with Gasteiger partial charge in [0.2, 0.25) is 5.91 Å². The summed E-state index contributed by atoms with van der Waals surface area (Å²) in [7, 11) is 0. The van der Waals surface area contributed by atoms with E-state index >= 15 is 0 Å². The Bertz CT molecular complexity index is 553. The molecule has 2 atom stereocenters. The molecule has 0 bridgehead atoms. The second-order valence-corrected chi connectivity index (χ2v) is 4.60. The predicted molar refractivity (Wildman–Crippen MR) is 72.5 cm³/mol. The molecule has 0 aliphatic carbocycles. The molecule has 3 nitrogen and oxygen atoms in total. The van der Waals surface area contributed by atoms with Crippen molar-refractivity contribution in [3.8, 4) is 0 Å².